The Morgan fingerprint density at radius 2 is 1.82 bits per heavy atom. The molecule has 2 fully saturated rings. The summed E-state index contributed by atoms with van der Waals surface area (Å²) in [7, 11) is 0. The third-order valence-electron chi connectivity index (χ3n) is 9.20. The number of aliphatic hydroxyl groups excluding tert-OH is 1. The van der Waals surface area contributed by atoms with Crippen LogP contribution in [0.2, 0.25) is 10.0 Å². The summed E-state index contributed by atoms with van der Waals surface area (Å²) in [6.45, 7) is 4.13. The molecule has 6 rings (SSSR count). The Balaban J connectivity index is 0.000000717. The number of aliphatic hydroxyl groups is 2. The number of carbonyl (C=O) groups excluding carboxylic acids is 1. The van der Waals surface area contributed by atoms with Gasteiger partial charge in [-0.15, -0.1) is 0 Å². The topological polar surface area (TPSA) is 154 Å². The fourth-order valence-corrected chi connectivity index (χ4v) is 6.78. The van der Waals surface area contributed by atoms with Crippen LogP contribution in [0.4, 0.5) is 8.78 Å². The maximum absolute atomic E-state index is 16.8. The number of piperidine rings is 1. The standard InChI is InChI=1S/C31H32Cl2F2N4O4.C3H6O3/c1-2-30(41,29(35)8-10-36-11-9-29)20-13-24-27(25(34)14-20)31(43-23-7-12-42-18-23,19-3-5-21(32)6-4-19)39(28(24)40)17-26-37-15-22(33)16-38-26;1-2(4)3(5)6/h3-6,13-16,23,36,41H,2,7-12,17-18H2,1H3;2,4H,1H3,(H,5,6)/t23-,30?,31+;2-/m00/s1. The van der Waals surface area contributed by atoms with Crippen LogP contribution in [-0.4, -0.2) is 86.2 Å². The number of carbonyl (C=O) groups is 2. The molecule has 1 unspecified atom stereocenters. The molecular weight excluding hydrogens is 685 g/mol. The number of hydrogen-bond acceptors (Lipinski definition) is 9. The fraction of sp³-hybridized carbons (Fsp3) is 0.471. The largest absolute Gasteiger partial charge is 0.479 e. The summed E-state index contributed by atoms with van der Waals surface area (Å²) in [5.74, 6) is -2.33. The lowest BCUT2D eigenvalue weighted by Gasteiger charge is -2.44. The van der Waals surface area contributed by atoms with E-state index in [1.54, 1.807) is 31.2 Å². The van der Waals surface area contributed by atoms with Crippen molar-refractivity contribution in [2.75, 3.05) is 26.3 Å². The van der Waals surface area contributed by atoms with E-state index in [0.717, 1.165) is 6.07 Å². The van der Waals surface area contributed by atoms with E-state index in [2.05, 4.69) is 15.3 Å². The van der Waals surface area contributed by atoms with E-state index in [9.17, 15) is 14.7 Å². The monoisotopic (exact) mass is 722 g/mol. The Labute approximate surface area is 292 Å². The van der Waals surface area contributed by atoms with E-state index in [-0.39, 0.29) is 54.9 Å². The van der Waals surface area contributed by atoms with Crippen molar-refractivity contribution < 1.29 is 43.2 Å². The highest BCUT2D eigenvalue weighted by molar-refractivity contribution is 6.30. The van der Waals surface area contributed by atoms with Gasteiger partial charge in [0.05, 0.1) is 35.4 Å². The number of nitrogens with zero attached hydrogens (tertiary/aromatic N) is 3. The van der Waals surface area contributed by atoms with Gasteiger partial charge in [0.1, 0.15) is 29.0 Å². The molecule has 0 spiro atoms. The highest BCUT2D eigenvalue weighted by Crippen LogP contribution is 2.51. The number of halogens is 4. The molecule has 15 heteroatoms. The highest BCUT2D eigenvalue weighted by atomic mass is 35.5. The molecule has 2 aromatic carbocycles. The smallest absolute Gasteiger partial charge is 0.332 e. The fourth-order valence-electron chi connectivity index (χ4n) is 6.56. The Morgan fingerprint density at radius 3 is 2.37 bits per heavy atom. The summed E-state index contributed by atoms with van der Waals surface area (Å²) < 4.78 is 45.5. The van der Waals surface area contributed by atoms with Gasteiger partial charge in [-0.2, -0.15) is 0 Å². The van der Waals surface area contributed by atoms with Crippen LogP contribution >= 0.6 is 23.2 Å². The molecule has 3 aliphatic rings. The predicted octanol–water partition coefficient (Wildman–Crippen LogP) is 4.73. The molecule has 1 amide bonds. The van der Waals surface area contributed by atoms with Crippen molar-refractivity contribution in [3.63, 3.8) is 0 Å². The number of aliphatic carboxylic acids is 1. The van der Waals surface area contributed by atoms with Gasteiger partial charge in [-0.25, -0.2) is 23.5 Å². The number of fused-ring (bicyclic) bond motifs is 1. The number of hydrogen-bond donors (Lipinski definition) is 4. The number of carboxylic acid groups (broad SMARTS) is 1. The molecule has 4 N–H and O–H groups in total. The van der Waals surface area contributed by atoms with Gasteiger partial charge < -0.3 is 30.1 Å². The second-order valence-electron chi connectivity index (χ2n) is 12.3. The van der Waals surface area contributed by atoms with E-state index in [0.29, 0.717) is 41.7 Å². The summed E-state index contributed by atoms with van der Waals surface area (Å²) >= 11 is 12.2. The first-order valence-electron chi connectivity index (χ1n) is 15.9. The van der Waals surface area contributed by atoms with Crippen molar-refractivity contribution in [1.82, 2.24) is 20.2 Å². The van der Waals surface area contributed by atoms with Crippen molar-refractivity contribution in [1.29, 1.82) is 0 Å². The maximum atomic E-state index is 16.8. The Hall–Kier alpha value is -3.30. The van der Waals surface area contributed by atoms with Gasteiger partial charge in [-0.1, -0.05) is 42.3 Å². The molecule has 0 aliphatic carbocycles. The first-order chi connectivity index (χ1) is 23.3. The summed E-state index contributed by atoms with van der Waals surface area (Å²) in [5, 5.41) is 31.5. The van der Waals surface area contributed by atoms with Crippen LogP contribution in [-0.2, 0) is 32.1 Å². The lowest BCUT2D eigenvalue weighted by atomic mass is 9.71. The van der Waals surface area contributed by atoms with E-state index in [1.807, 2.05) is 0 Å². The zero-order chi connectivity index (χ0) is 35.6. The van der Waals surface area contributed by atoms with Gasteiger partial charge >= 0.3 is 5.97 Å². The first kappa shape index (κ1) is 37.0. The summed E-state index contributed by atoms with van der Waals surface area (Å²) in [6.07, 6.45) is 1.71. The normalized spacial score (nSPS) is 23.3. The third kappa shape index (κ3) is 7.16. The average Bonchev–Trinajstić information content (AvgIpc) is 3.67. The van der Waals surface area contributed by atoms with Gasteiger partial charge in [-0.05, 0) is 75.5 Å². The minimum Gasteiger partial charge on any atom is -0.479 e. The van der Waals surface area contributed by atoms with Gasteiger partial charge in [0.2, 0.25) is 5.72 Å². The number of carboxylic acids is 1. The zero-order valence-corrected chi connectivity index (χ0v) is 28.5. The number of ether oxygens (including phenoxy) is 2. The minimum atomic E-state index is -2.03. The van der Waals surface area contributed by atoms with Gasteiger partial charge in [-0.3, -0.25) is 9.69 Å². The van der Waals surface area contributed by atoms with Crippen LogP contribution in [0.5, 0.6) is 0 Å². The number of aromatic nitrogens is 2. The lowest BCUT2D eigenvalue weighted by Crippen LogP contribution is -2.54. The molecule has 11 nitrogen and oxygen atoms in total. The zero-order valence-electron chi connectivity index (χ0n) is 27.0. The molecule has 264 valence electrons. The van der Waals surface area contributed by atoms with E-state index >= 15 is 8.78 Å². The van der Waals surface area contributed by atoms with Crippen LogP contribution in [0.25, 0.3) is 0 Å². The molecule has 0 radical (unpaired) electrons. The Kier molecular flexibility index (Phi) is 11.2. The number of benzene rings is 2. The van der Waals surface area contributed by atoms with Crippen molar-refractivity contribution in [2.45, 2.75) is 75.3 Å². The molecule has 4 atom stereocenters. The third-order valence-corrected chi connectivity index (χ3v) is 9.65. The van der Waals surface area contributed by atoms with Crippen LogP contribution < -0.4 is 5.32 Å². The second-order valence-corrected chi connectivity index (χ2v) is 13.2. The van der Waals surface area contributed by atoms with Gasteiger partial charge in [0.15, 0.2) is 0 Å². The number of amides is 1. The molecule has 0 saturated carbocycles. The van der Waals surface area contributed by atoms with Crippen LogP contribution in [0.15, 0.2) is 48.8 Å². The molecule has 1 aromatic heterocycles. The van der Waals surface area contributed by atoms with Gasteiger partial charge in [0.25, 0.3) is 5.91 Å². The quantitative estimate of drug-likeness (QED) is 0.244. The molecule has 4 heterocycles. The van der Waals surface area contributed by atoms with E-state index in [4.69, 9.17) is 42.9 Å². The predicted molar refractivity (Wildman–Crippen MR) is 175 cm³/mol. The highest BCUT2D eigenvalue weighted by Gasteiger charge is 2.58. The van der Waals surface area contributed by atoms with Crippen LogP contribution in [0, 0.1) is 5.82 Å². The minimum absolute atomic E-state index is 0.00259. The summed E-state index contributed by atoms with van der Waals surface area (Å²) in [4.78, 5) is 33.8. The van der Waals surface area contributed by atoms with Crippen molar-refractivity contribution in [3.8, 4) is 0 Å². The molecule has 3 aliphatic heterocycles. The Bertz CT molecular complexity index is 1660. The van der Waals surface area contributed by atoms with Crippen LogP contribution in [0.1, 0.15) is 72.4 Å². The first-order valence-corrected chi connectivity index (χ1v) is 16.7. The SMILES string of the molecule is CCC(O)(c1cc(F)c2c(c1)C(=O)N(Cc1ncc(Cl)cn1)[C@@]2(O[C@H]1CCOC1)c1ccc(Cl)cc1)C1(F)CCNCC1.C[C@H](O)C(=O)O. The molecule has 49 heavy (non-hydrogen) atoms. The van der Waals surface area contributed by atoms with E-state index in [1.165, 1.54) is 30.3 Å². The summed E-state index contributed by atoms with van der Waals surface area (Å²) in [6, 6.07) is 9.18. The lowest BCUT2D eigenvalue weighted by molar-refractivity contribution is -0.149. The molecular formula is C34H38Cl2F2N4O7. The number of rotatable bonds is 9. The number of alkyl halides is 1. The molecule has 3 aromatic rings. The molecule has 2 saturated heterocycles. The van der Waals surface area contributed by atoms with Crippen LogP contribution in [0.3, 0.4) is 0 Å². The Morgan fingerprint density at radius 1 is 1.18 bits per heavy atom. The van der Waals surface area contributed by atoms with Crippen molar-refractivity contribution in [2.24, 2.45) is 0 Å². The number of nitrogens with one attached hydrogen (secondary N) is 1. The molecule has 0 bridgehead atoms. The van der Waals surface area contributed by atoms with Crippen molar-refractivity contribution in [3.05, 3.63) is 92.7 Å². The summed E-state index contributed by atoms with van der Waals surface area (Å²) in [5.41, 5.74) is -5.44. The maximum Gasteiger partial charge on any atom is 0.332 e. The van der Waals surface area contributed by atoms with E-state index < -0.39 is 46.9 Å². The van der Waals surface area contributed by atoms with Crippen molar-refractivity contribution >= 4 is 35.1 Å². The van der Waals surface area contributed by atoms with Gasteiger partial charge in [0, 0.05) is 29.6 Å². The second kappa shape index (κ2) is 14.9. The average molecular weight is 724 g/mol.